The van der Waals surface area contributed by atoms with Crippen LogP contribution in [0.3, 0.4) is 0 Å². The van der Waals surface area contributed by atoms with Gasteiger partial charge in [0.2, 0.25) is 6.79 Å². The van der Waals surface area contributed by atoms with Crippen molar-refractivity contribution in [2.75, 3.05) is 19.5 Å². The van der Waals surface area contributed by atoms with Gasteiger partial charge in [0, 0.05) is 12.7 Å². The zero-order valence-electron chi connectivity index (χ0n) is 9.88. The molecule has 0 saturated heterocycles. The summed E-state index contributed by atoms with van der Waals surface area (Å²) in [5, 5.41) is 2.38. The van der Waals surface area contributed by atoms with Gasteiger partial charge in [-0.1, -0.05) is 13.8 Å². The van der Waals surface area contributed by atoms with E-state index in [0.29, 0.717) is 6.42 Å². The van der Waals surface area contributed by atoms with Crippen molar-refractivity contribution in [1.29, 1.82) is 0 Å². The number of alkyl carbamates (subject to hydrolysis) is 1. The lowest BCUT2D eigenvalue weighted by molar-refractivity contribution is -0.155. The van der Waals surface area contributed by atoms with E-state index in [1.54, 1.807) is 13.8 Å². The van der Waals surface area contributed by atoms with Gasteiger partial charge >= 0.3 is 12.1 Å². The Balaban J connectivity index is 3.44. The van der Waals surface area contributed by atoms with Crippen molar-refractivity contribution >= 4 is 20.4 Å². The van der Waals surface area contributed by atoms with Crippen LogP contribution in [-0.4, -0.2) is 41.3 Å². The molecule has 0 radical (unpaired) electrons. The summed E-state index contributed by atoms with van der Waals surface area (Å²) in [6.45, 7) is 3.20. The summed E-state index contributed by atoms with van der Waals surface area (Å²) in [4.78, 5) is 39.1. The molecule has 0 aromatic carbocycles. The first kappa shape index (κ1) is 16.1. The third kappa shape index (κ3) is 9.99. The molecule has 0 rings (SSSR count). The first-order valence-electron chi connectivity index (χ1n) is 5.16. The predicted octanol–water partition coefficient (Wildman–Crippen LogP) is 0.556. The fourth-order valence-electron chi connectivity index (χ4n) is 0.770. The maximum atomic E-state index is 11.0. The van der Waals surface area contributed by atoms with Crippen molar-refractivity contribution in [2.24, 2.45) is 5.92 Å². The van der Waals surface area contributed by atoms with E-state index in [4.69, 9.17) is 9.79 Å². The molecule has 0 atom stereocenters. The molecule has 17 heavy (non-hydrogen) atoms. The Hall–Kier alpha value is -0.910. The first-order valence-corrected chi connectivity index (χ1v) is 6.59. The number of hydrogen-bond acceptors (Lipinski definition) is 6. The van der Waals surface area contributed by atoms with Crippen LogP contribution in [-0.2, 0) is 14.3 Å². The fraction of sp³-hybridized carbons (Fsp3) is 0.778. The highest BCUT2D eigenvalue weighted by molar-refractivity contribution is 7.45. The number of hydrogen-bond donors (Lipinski definition) is 3. The van der Waals surface area contributed by atoms with Gasteiger partial charge < -0.3 is 24.6 Å². The third-order valence-electron chi connectivity index (χ3n) is 1.67. The minimum atomic E-state index is -1.92. The maximum absolute atomic E-state index is 11.0. The molecule has 0 fully saturated rings. The molecule has 0 aliphatic carbocycles. The SMILES string of the molecule is CC(C)C(=O)OCOC(=O)NCCCP(O)O. The second-order valence-corrected chi connectivity index (χ2v) is 4.74. The number of amides is 1. The van der Waals surface area contributed by atoms with Gasteiger partial charge in [0.25, 0.3) is 0 Å². The third-order valence-corrected chi connectivity index (χ3v) is 2.38. The smallest absolute Gasteiger partial charge is 0.410 e. The quantitative estimate of drug-likeness (QED) is 0.269. The predicted molar refractivity (Wildman–Crippen MR) is 61.1 cm³/mol. The Morgan fingerprint density at radius 1 is 1.29 bits per heavy atom. The van der Waals surface area contributed by atoms with E-state index in [2.05, 4.69) is 14.8 Å². The van der Waals surface area contributed by atoms with E-state index in [0.717, 1.165) is 0 Å². The van der Waals surface area contributed by atoms with Crippen LogP contribution in [0.15, 0.2) is 0 Å². The van der Waals surface area contributed by atoms with Gasteiger partial charge in [-0.2, -0.15) is 0 Å². The average Bonchev–Trinajstić information content (AvgIpc) is 2.23. The van der Waals surface area contributed by atoms with Crippen LogP contribution in [0.4, 0.5) is 4.79 Å². The largest absolute Gasteiger partial charge is 0.428 e. The molecule has 0 saturated carbocycles. The Bertz CT molecular complexity index is 246. The van der Waals surface area contributed by atoms with Gasteiger partial charge in [0.15, 0.2) is 8.38 Å². The lowest BCUT2D eigenvalue weighted by Crippen LogP contribution is -2.27. The Morgan fingerprint density at radius 2 is 1.94 bits per heavy atom. The zero-order valence-corrected chi connectivity index (χ0v) is 10.8. The highest BCUT2D eigenvalue weighted by Gasteiger charge is 2.09. The zero-order chi connectivity index (χ0) is 13.3. The average molecular weight is 267 g/mol. The molecule has 8 heteroatoms. The Labute approximate surface area is 101 Å². The first-order chi connectivity index (χ1) is 7.93. The van der Waals surface area contributed by atoms with Gasteiger partial charge in [0.05, 0.1) is 5.92 Å². The minimum absolute atomic E-state index is 0.234. The lowest BCUT2D eigenvalue weighted by Gasteiger charge is -2.09. The van der Waals surface area contributed by atoms with E-state index < -0.39 is 27.2 Å². The van der Waals surface area contributed by atoms with E-state index >= 15 is 0 Å². The highest BCUT2D eigenvalue weighted by Crippen LogP contribution is 2.22. The van der Waals surface area contributed by atoms with Crippen molar-refractivity contribution in [3.05, 3.63) is 0 Å². The summed E-state index contributed by atoms with van der Waals surface area (Å²) in [6, 6.07) is 0. The molecule has 100 valence electrons. The molecule has 0 aliphatic rings. The van der Waals surface area contributed by atoms with Crippen LogP contribution < -0.4 is 5.32 Å². The molecule has 0 aliphatic heterocycles. The van der Waals surface area contributed by atoms with Gasteiger partial charge in [0.1, 0.15) is 0 Å². The number of rotatable bonds is 7. The standard InChI is InChI=1S/C9H18NO6P/c1-7(2)8(11)15-6-16-9(12)10-4-3-5-17(13)14/h7,13-14H,3-6H2,1-2H3,(H,10,12). The Kier molecular flexibility index (Phi) is 8.66. The number of ether oxygens (including phenoxy) is 2. The highest BCUT2D eigenvalue weighted by atomic mass is 31.2. The summed E-state index contributed by atoms with van der Waals surface area (Å²) in [7, 11) is -1.92. The van der Waals surface area contributed by atoms with E-state index in [9.17, 15) is 9.59 Å². The number of carbonyl (C=O) groups excluding carboxylic acids is 2. The second kappa shape index (κ2) is 9.15. The molecule has 0 unspecified atom stereocenters. The summed E-state index contributed by atoms with van der Waals surface area (Å²) >= 11 is 0. The Morgan fingerprint density at radius 3 is 2.47 bits per heavy atom. The molecule has 0 spiro atoms. The van der Waals surface area contributed by atoms with Crippen LogP contribution in [0.25, 0.3) is 0 Å². The molecular formula is C9H18NO6P. The van der Waals surface area contributed by atoms with Gasteiger partial charge in [-0.15, -0.1) is 0 Å². The summed E-state index contributed by atoms with van der Waals surface area (Å²) in [6.07, 6.45) is -0.0286. The molecule has 0 aromatic heterocycles. The minimum Gasteiger partial charge on any atom is -0.428 e. The number of nitrogens with one attached hydrogen (secondary N) is 1. The molecule has 0 bridgehead atoms. The monoisotopic (exact) mass is 267 g/mol. The summed E-state index contributed by atoms with van der Waals surface area (Å²) in [5.74, 6) is -0.709. The summed E-state index contributed by atoms with van der Waals surface area (Å²) < 4.78 is 9.18. The van der Waals surface area contributed by atoms with Crippen LogP contribution >= 0.6 is 8.38 Å². The van der Waals surface area contributed by atoms with E-state index in [-0.39, 0.29) is 18.6 Å². The molecule has 0 heterocycles. The van der Waals surface area contributed by atoms with Crippen molar-refractivity contribution < 1.29 is 28.8 Å². The van der Waals surface area contributed by atoms with Crippen LogP contribution in [0.2, 0.25) is 0 Å². The maximum Gasteiger partial charge on any atom is 0.410 e. The summed E-state index contributed by atoms with van der Waals surface area (Å²) in [5.41, 5.74) is 0. The topological polar surface area (TPSA) is 105 Å². The number of esters is 1. The second-order valence-electron chi connectivity index (χ2n) is 3.54. The van der Waals surface area contributed by atoms with Crippen LogP contribution in [0.1, 0.15) is 20.3 Å². The van der Waals surface area contributed by atoms with Crippen LogP contribution in [0.5, 0.6) is 0 Å². The normalized spacial score (nSPS) is 10.5. The van der Waals surface area contributed by atoms with E-state index in [1.165, 1.54) is 0 Å². The van der Waals surface area contributed by atoms with Crippen molar-refractivity contribution in [3.63, 3.8) is 0 Å². The van der Waals surface area contributed by atoms with Crippen LogP contribution in [0, 0.1) is 5.92 Å². The van der Waals surface area contributed by atoms with Gasteiger partial charge in [-0.05, 0) is 6.42 Å². The molecule has 0 aromatic rings. The molecule has 1 amide bonds. The van der Waals surface area contributed by atoms with Gasteiger partial charge in [-0.25, -0.2) is 4.79 Å². The van der Waals surface area contributed by atoms with Crippen molar-refractivity contribution in [1.82, 2.24) is 5.32 Å². The lowest BCUT2D eigenvalue weighted by atomic mass is 10.2. The van der Waals surface area contributed by atoms with Crippen molar-refractivity contribution in [3.8, 4) is 0 Å². The molecule has 7 nitrogen and oxygen atoms in total. The number of carbonyl (C=O) groups is 2. The van der Waals surface area contributed by atoms with E-state index in [1.807, 2.05) is 0 Å². The molecule has 3 N–H and O–H groups in total. The fourth-order valence-corrected chi connectivity index (χ4v) is 1.21. The van der Waals surface area contributed by atoms with Gasteiger partial charge in [-0.3, -0.25) is 4.79 Å². The van der Waals surface area contributed by atoms with Crippen molar-refractivity contribution in [2.45, 2.75) is 20.3 Å². The molecular weight excluding hydrogens is 249 g/mol.